The zero-order chi connectivity index (χ0) is 25.0. The van der Waals surface area contributed by atoms with E-state index in [0.717, 1.165) is 25.7 Å². The van der Waals surface area contributed by atoms with Gasteiger partial charge in [-0.2, -0.15) is 0 Å². The van der Waals surface area contributed by atoms with Crippen molar-refractivity contribution in [3.05, 3.63) is 41.4 Å². The van der Waals surface area contributed by atoms with Gasteiger partial charge >= 0.3 is 0 Å². The highest BCUT2D eigenvalue weighted by molar-refractivity contribution is 7.93. The van der Waals surface area contributed by atoms with E-state index in [1.165, 1.54) is 33.5 Å². The zero-order valence-electron chi connectivity index (χ0n) is 19.8. The first-order valence-corrected chi connectivity index (χ1v) is 13.2. The highest BCUT2D eigenvalue weighted by atomic mass is 35.5. The van der Waals surface area contributed by atoms with E-state index in [-0.39, 0.29) is 11.8 Å². The zero-order valence-corrected chi connectivity index (χ0v) is 21.3. The van der Waals surface area contributed by atoms with Crippen molar-refractivity contribution in [3.63, 3.8) is 0 Å². The smallest absolute Gasteiger partial charge is 0.240 e. The number of sulfonamides is 1. The Hall–Kier alpha value is -2.83. The van der Waals surface area contributed by atoms with Crippen molar-refractivity contribution in [2.24, 2.45) is 5.92 Å². The van der Waals surface area contributed by atoms with Crippen LogP contribution in [0, 0.1) is 5.92 Å². The molecule has 0 aliphatic heterocycles. The van der Waals surface area contributed by atoms with Crippen LogP contribution in [-0.4, -0.2) is 57.6 Å². The number of methoxy groups -OCH3 is 2. The van der Waals surface area contributed by atoms with Gasteiger partial charge in [-0.1, -0.05) is 30.5 Å². The van der Waals surface area contributed by atoms with E-state index in [9.17, 15) is 8.42 Å². The predicted molar refractivity (Wildman–Crippen MR) is 131 cm³/mol. The van der Waals surface area contributed by atoms with Crippen molar-refractivity contribution in [2.45, 2.75) is 50.5 Å². The minimum atomic E-state index is -3.98. The first kappa shape index (κ1) is 25.3. The van der Waals surface area contributed by atoms with Crippen LogP contribution >= 0.6 is 11.6 Å². The van der Waals surface area contributed by atoms with E-state index in [1.54, 1.807) is 22.8 Å². The fourth-order valence-electron chi connectivity index (χ4n) is 4.20. The summed E-state index contributed by atoms with van der Waals surface area (Å²) in [7, 11) is -1.04. The molecule has 35 heavy (non-hydrogen) atoms. The van der Waals surface area contributed by atoms with Crippen LogP contribution in [0.5, 0.6) is 5.88 Å². The van der Waals surface area contributed by atoms with Crippen molar-refractivity contribution < 1.29 is 17.9 Å². The van der Waals surface area contributed by atoms with Crippen LogP contribution in [0.2, 0.25) is 5.02 Å². The van der Waals surface area contributed by atoms with E-state index in [0.29, 0.717) is 34.9 Å². The van der Waals surface area contributed by atoms with Gasteiger partial charge in [-0.25, -0.2) is 23.4 Å². The Morgan fingerprint density at radius 3 is 2.54 bits per heavy atom. The molecule has 1 fully saturated rings. The average Bonchev–Trinajstić information content (AvgIpc) is 3.51. The lowest BCUT2D eigenvalue weighted by Crippen LogP contribution is -2.33. The molecule has 1 aliphatic carbocycles. The highest BCUT2D eigenvalue weighted by Crippen LogP contribution is 2.31. The minimum Gasteiger partial charge on any atom is -0.481 e. The maximum Gasteiger partial charge on any atom is 0.240 e. The topological polar surface area (TPSA) is 134 Å². The normalized spacial score (nSPS) is 16.2. The van der Waals surface area contributed by atoms with Crippen LogP contribution in [0.3, 0.4) is 0 Å². The largest absolute Gasteiger partial charge is 0.481 e. The summed E-state index contributed by atoms with van der Waals surface area (Å²) < 4.78 is 41.9. The van der Waals surface area contributed by atoms with Crippen molar-refractivity contribution in [1.29, 1.82) is 0 Å². The van der Waals surface area contributed by atoms with Gasteiger partial charge in [0.2, 0.25) is 21.9 Å². The lowest BCUT2D eigenvalue weighted by molar-refractivity contribution is 0.0950. The number of ether oxygens (including phenoxy) is 2. The first-order chi connectivity index (χ1) is 16.8. The number of aromatic nitrogens is 6. The van der Waals surface area contributed by atoms with Crippen molar-refractivity contribution in [1.82, 2.24) is 29.7 Å². The summed E-state index contributed by atoms with van der Waals surface area (Å²) in [5, 5.41) is 7.76. The fraction of sp³-hybridized carbons (Fsp3) is 0.500. The molecular formula is C22H28ClN7O4S. The number of nitrogens with zero attached hydrogens (tertiary/aromatic N) is 6. The summed E-state index contributed by atoms with van der Waals surface area (Å²) in [6.07, 6.45) is 6.29. The number of nitrogens with one attached hydrogen (secondary N) is 1. The fourth-order valence-corrected chi connectivity index (χ4v) is 5.45. The molecule has 1 saturated carbocycles. The predicted octanol–water partition coefficient (Wildman–Crippen LogP) is 3.50. The average molecular weight is 522 g/mol. The van der Waals surface area contributed by atoms with Crippen LogP contribution in [0.15, 0.2) is 30.6 Å². The summed E-state index contributed by atoms with van der Waals surface area (Å²) >= 11 is 5.87. The molecule has 3 aromatic heterocycles. The number of anilines is 1. The third-order valence-corrected chi connectivity index (χ3v) is 8.01. The Morgan fingerprint density at radius 2 is 1.89 bits per heavy atom. The highest BCUT2D eigenvalue weighted by Gasteiger charge is 2.34. The Kier molecular flexibility index (Phi) is 7.82. The molecule has 0 aromatic carbocycles. The molecular weight excluding hydrogens is 494 g/mol. The van der Waals surface area contributed by atoms with Crippen LogP contribution < -0.4 is 9.46 Å². The molecule has 1 N–H and O–H groups in total. The Bertz CT molecular complexity index is 1250. The van der Waals surface area contributed by atoms with Crippen LogP contribution in [0.4, 0.5) is 5.95 Å². The van der Waals surface area contributed by atoms with E-state index >= 15 is 0 Å². The SMILES string of the molecule is COc1cccc(-c2nnc(NS(=O)(=O)C(C)C(OC)c3ncc(Cl)cn3)n2CC2CCCC2)n1. The van der Waals surface area contributed by atoms with Crippen molar-refractivity contribution in [3.8, 4) is 17.4 Å². The minimum absolute atomic E-state index is 0.121. The number of hydrogen-bond donors (Lipinski definition) is 1. The number of rotatable bonds is 10. The van der Waals surface area contributed by atoms with Gasteiger partial charge in [0.25, 0.3) is 0 Å². The van der Waals surface area contributed by atoms with Gasteiger partial charge in [-0.05, 0) is 31.7 Å². The molecule has 188 valence electrons. The van der Waals surface area contributed by atoms with Gasteiger partial charge in [-0.3, -0.25) is 9.29 Å². The van der Waals surface area contributed by atoms with Gasteiger partial charge < -0.3 is 9.47 Å². The van der Waals surface area contributed by atoms with E-state index in [1.807, 2.05) is 0 Å². The number of pyridine rings is 1. The summed E-state index contributed by atoms with van der Waals surface area (Å²) in [6, 6.07) is 5.32. The second kappa shape index (κ2) is 10.8. The van der Waals surface area contributed by atoms with E-state index in [2.05, 4.69) is 29.9 Å². The van der Waals surface area contributed by atoms with Crippen LogP contribution in [0.1, 0.15) is 44.5 Å². The Balaban J connectivity index is 1.66. The van der Waals surface area contributed by atoms with Gasteiger partial charge in [-0.15, -0.1) is 10.2 Å². The monoisotopic (exact) mass is 521 g/mol. The van der Waals surface area contributed by atoms with Gasteiger partial charge in [0.1, 0.15) is 17.0 Å². The summed E-state index contributed by atoms with van der Waals surface area (Å²) in [5.41, 5.74) is 0.540. The second-order valence-electron chi connectivity index (χ2n) is 8.44. The molecule has 3 heterocycles. The molecule has 11 nitrogen and oxygen atoms in total. The maximum absolute atomic E-state index is 13.4. The molecule has 3 aromatic rings. The van der Waals surface area contributed by atoms with Gasteiger partial charge in [0.05, 0.1) is 12.1 Å². The molecule has 0 bridgehead atoms. The third-order valence-electron chi connectivity index (χ3n) is 6.13. The van der Waals surface area contributed by atoms with Crippen molar-refractivity contribution >= 4 is 27.6 Å². The molecule has 13 heteroatoms. The summed E-state index contributed by atoms with van der Waals surface area (Å²) in [6.45, 7) is 2.10. The lowest BCUT2D eigenvalue weighted by atomic mass is 10.1. The second-order valence-corrected chi connectivity index (χ2v) is 10.9. The number of hydrogen-bond acceptors (Lipinski definition) is 9. The quantitative estimate of drug-likeness (QED) is 0.425. The molecule has 4 rings (SSSR count). The van der Waals surface area contributed by atoms with Gasteiger partial charge in [0, 0.05) is 32.1 Å². The molecule has 2 atom stereocenters. The lowest BCUT2D eigenvalue weighted by Gasteiger charge is -2.22. The van der Waals surface area contributed by atoms with E-state index in [4.69, 9.17) is 21.1 Å². The summed E-state index contributed by atoms with van der Waals surface area (Å²) in [5.74, 6) is 1.62. The third kappa shape index (κ3) is 5.71. The number of halogens is 1. The Morgan fingerprint density at radius 1 is 1.17 bits per heavy atom. The maximum atomic E-state index is 13.4. The Labute approximate surface area is 209 Å². The first-order valence-electron chi connectivity index (χ1n) is 11.3. The van der Waals surface area contributed by atoms with E-state index < -0.39 is 21.4 Å². The molecule has 0 spiro atoms. The molecule has 1 aliphatic rings. The molecule has 0 amide bonds. The van der Waals surface area contributed by atoms with Crippen molar-refractivity contribution in [2.75, 3.05) is 18.9 Å². The van der Waals surface area contributed by atoms with Gasteiger partial charge in [0.15, 0.2) is 11.6 Å². The molecule has 2 unspecified atom stereocenters. The molecule has 0 saturated heterocycles. The van der Waals surface area contributed by atoms with Crippen LogP contribution in [-0.2, 0) is 21.3 Å². The van der Waals surface area contributed by atoms with Crippen LogP contribution in [0.25, 0.3) is 11.5 Å². The molecule has 0 radical (unpaired) electrons. The summed E-state index contributed by atoms with van der Waals surface area (Å²) in [4.78, 5) is 12.7. The standard InChI is InChI=1S/C22H28ClN7O4S/c1-14(19(34-3)20-24-11-16(23)12-25-20)35(31,32)29-22-28-27-21(17-9-6-10-18(26-17)33-2)30(22)13-15-7-4-5-8-15/h6,9-12,14-15,19H,4-5,7-8,13H2,1-3H3,(H,28,29).